The summed E-state index contributed by atoms with van der Waals surface area (Å²) in [5.74, 6) is 1.21. The van der Waals surface area contributed by atoms with Crippen molar-refractivity contribution in [2.45, 2.75) is 20.8 Å². The first-order chi connectivity index (χ1) is 11.6. The maximum atomic E-state index is 11.8. The predicted octanol–water partition coefficient (Wildman–Crippen LogP) is 3.23. The van der Waals surface area contributed by atoms with Crippen LogP contribution in [-0.2, 0) is 4.79 Å². The van der Waals surface area contributed by atoms with E-state index in [1.807, 2.05) is 63.2 Å². The van der Waals surface area contributed by atoms with Crippen molar-refractivity contribution in [1.29, 1.82) is 0 Å². The van der Waals surface area contributed by atoms with E-state index in [1.54, 1.807) is 6.21 Å². The van der Waals surface area contributed by atoms with E-state index in [2.05, 4.69) is 10.5 Å². The number of hydrazone groups is 1. The quantitative estimate of drug-likeness (QED) is 0.628. The van der Waals surface area contributed by atoms with Gasteiger partial charge in [-0.2, -0.15) is 5.10 Å². The molecule has 5 heteroatoms. The third-order valence-electron chi connectivity index (χ3n) is 3.30. The molecule has 126 valence electrons. The van der Waals surface area contributed by atoms with Gasteiger partial charge in [-0.25, -0.2) is 5.43 Å². The van der Waals surface area contributed by atoms with Crippen molar-refractivity contribution in [2.24, 2.45) is 5.10 Å². The van der Waals surface area contributed by atoms with E-state index in [9.17, 15) is 4.79 Å². The molecule has 5 nitrogen and oxygen atoms in total. The number of nitrogens with one attached hydrogen (secondary N) is 1. The number of nitrogens with zero attached hydrogens (tertiary/aromatic N) is 1. The minimum atomic E-state index is -0.307. The molecule has 0 fully saturated rings. The Morgan fingerprint density at radius 3 is 2.58 bits per heavy atom. The summed E-state index contributed by atoms with van der Waals surface area (Å²) in [6.45, 7) is 6.41. The summed E-state index contributed by atoms with van der Waals surface area (Å²) in [6, 6.07) is 13.3. The van der Waals surface area contributed by atoms with Gasteiger partial charge in [0.15, 0.2) is 6.61 Å². The number of carbonyl (C=O) groups excluding carboxylic acids is 1. The lowest BCUT2D eigenvalue weighted by atomic mass is 10.1. The van der Waals surface area contributed by atoms with Crippen molar-refractivity contribution < 1.29 is 14.3 Å². The van der Waals surface area contributed by atoms with Gasteiger partial charge in [0.1, 0.15) is 11.5 Å². The Balaban J connectivity index is 1.81. The lowest BCUT2D eigenvalue weighted by Crippen LogP contribution is -2.24. The van der Waals surface area contributed by atoms with Crippen LogP contribution in [0.1, 0.15) is 23.6 Å². The molecule has 0 aromatic heterocycles. The summed E-state index contributed by atoms with van der Waals surface area (Å²) in [4.78, 5) is 11.8. The Hall–Kier alpha value is -2.82. The first-order valence-corrected chi connectivity index (χ1v) is 7.83. The van der Waals surface area contributed by atoms with Crippen LogP contribution in [0, 0.1) is 13.8 Å². The Morgan fingerprint density at radius 1 is 1.12 bits per heavy atom. The molecule has 24 heavy (non-hydrogen) atoms. The van der Waals surface area contributed by atoms with Gasteiger partial charge >= 0.3 is 0 Å². The summed E-state index contributed by atoms with van der Waals surface area (Å²) in [7, 11) is 0. The SMILES string of the molecule is CCOc1ccc(C=NNC(=O)COc2cc(C)ccc2C)cc1. The topological polar surface area (TPSA) is 59.9 Å². The average Bonchev–Trinajstić information content (AvgIpc) is 2.57. The number of aryl methyl sites for hydroxylation is 2. The van der Waals surface area contributed by atoms with E-state index in [0.717, 1.165) is 22.4 Å². The Labute approximate surface area is 142 Å². The molecule has 0 saturated heterocycles. The highest BCUT2D eigenvalue weighted by molar-refractivity contribution is 5.83. The minimum absolute atomic E-state index is 0.0785. The van der Waals surface area contributed by atoms with E-state index in [0.29, 0.717) is 12.4 Å². The molecule has 2 rings (SSSR count). The van der Waals surface area contributed by atoms with Gasteiger partial charge in [-0.3, -0.25) is 4.79 Å². The summed E-state index contributed by atoms with van der Waals surface area (Å²) in [5, 5.41) is 3.92. The van der Waals surface area contributed by atoms with Crippen LogP contribution in [0.15, 0.2) is 47.6 Å². The second kappa shape index (κ2) is 8.72. The zero-order valence-electron chi connectivity index (χ0n) is 14.2. The molecular formula is C19H22N2O3. The minimum Gasteiger partial charge on any atom is -0.494 e. The van der Waals surface area contributed by atoms with Crippen LogP contribution in [-0.4, -0.2) is 25.3 Å². The van der Waals surface area contributed by atoms with Gasteiger partial charge in [-0.1, -0.05) is 12.1 Å². The largest absolute Gasteiger partial charge is 0.494 e. The van der Waals surface area contributed by atoms with Gasteiger partial charge in [0.05, 0.1) is 12.8 Å². The summed E-state index contributed by atoms with van der Waals surface area (Å²) >= 11 is 0. The fourth-order valence-electron chi connectivity index (χ4n) is 2.03. The zero-order chi connectivity index (χ0) is 17.4. The Kier molecular flexibility index (Phi) is 6.37. The average molecular weight is 326 g/mol. The lowest BCUT2D eigenvalue weighted by Gasteiger charge is -2.08. The first kappa shape index (κ1) is 17.5. The standard InChI is InChI=1S/C19H22N2O3/c1-4-23-17-9-7-16(8-10-17)12-20-21-19(22)13-24-18-11-14(2)5-6-15(18)3/h5-12H,4,13H2,1-3H3,(H,21,22). The summed E-state index contributed by atoms with van der Waals surface area (Å²) in [5.41, 5.74) is 5.40. The molecule has 0 unspecified atom stereocenters. The number of hydrogen-bond acceptors (Lipinski definition) is 4. The van der Waals surface area contributed by atoms with Gasteiger partial charge in [0, 0.05) is 0 Å². The normalized spacial score (nSPS) is 10.6. The third kappa shape index (κ3) is 5.43. The van der Waals surface area contributed by atoms with Gasteiger partial charge in [-0.15, -0.1) is 0 Å². The van der Waals surface area contributed by atoms with Crippen molar-refractivity contribution in [3.8, 4) is 11.5 Å². The van der Waals surface area contributed by atoms with Crippen molar-refractivity contribution in [3.63, 3.8) is 0 Å². The second-order valence-corrected chi connectivity index (χ2v) is 5.35. The highest BCUT2D eigenvalue weighted by atomic mass is 16.5. The summed E-state index contributed by atoms with van der Waals surface area (Å²) in [6.07, 6.45) is 1.57. The van der Waals surface area contributed by atoms with Crippen LogP contribution in [0.5, 0.6) is 11.5 Å². The van der Waals surface area contributed by atoms with Crippen LogP contribution in [0.3, 0.4) is 0 Å². The highest BCUT2D eigenvalue weighted by Crippen LogP contribution is 2.18. The molecule has 0 aliphatic heterocycles. The zero-order valence-corrected chi connectivity index (χ0v) is 14.2. The van der Waals surface area contributed by atoms with Crippen LogP contribution in [0.4, 0.5) is 0 Å². The number of carbonyl (C=O) groups is 1. The number of hydrogen-bond donors (Lipinski definition) is 1. The number of benzene rings is 2. The fourth-order valence-corrected chi connectivity index (χ4v) is 2.03. The smallest absolute Gasteiger partial charge is 0.277 e. The third-order valence-corrected chi connectivity index (χ3v) is 3.30. The van der Waals surface area contributed by atoms with E-state index < -0.39 is 0 Å². The Morgan fingerprint density at radius 2 is 1.88 bits per heavy atom. The Bertz CT molecular complexity index is 709. The van der Waals surface area contributed by atoms with Crippen LogP contribution in [0.25, 0.3) is 0 Å². The lowest BCUT2D eigenvalue weighted by molar-refractivity contribution is -0.123. The molecule has 0 atom stereocenters. The highest BCUT2D eigenvalue weighted by Gasteiger charge is 2.04. The summed E-state index contributed by atoms with van der Waals surface area (Å²) < 4.78 is 10.9. The van der Waals surface area contributed by atoms with E-state index in [1.165, 1.54) is 0 Å². The van der Waals surface area contributed by atoms with Crippen molar-refractivity contribution in [3.05, 3.63) is 59.2 Å². The molecule has 2 aromatic carbocycles. The number of ether oxygens (including phenoxy) is 2. The van der Waals surface area contributed by atoms with Crippen LogP contribution in [0.2, 0.25) is 0 Å². The number of amides is 1. The van der Waals surface area contributed by atoms with Crippen molar-refractivity contribution in [2.75, 3.05) is 13.2 Å². The van der Waals surface area contributed by atoms with Crippen LogP contribution < -0.4 is 14.9 Å². The molecule has 0 aliphatic rings. The van der Waals surface area contributed by atoms with Crippen molar-refractivity contribution >= 4 is 12.1 Å². The molecule has 2 aromatic rings. The first-order valence-electron chi connectivity index (χ1n) is 7.83. The van der Waals surface area contributed by atoms with Crippen molar-refractivity contribution in [1.82, 2.24) is 5.43 Å². The molecule has 1 amide bonds. The van der Waals surface area contributed by atoms with Crippen LogP contribution >= 0.6 is 0 Å². The molecule has 0 heterocycles. The molecule has 0 saturated carbocycles. The van der Waals surface area contributed by atoms with E-state index in [-0.39, 0.29) is 12.5 Å². The monoisotopic (exact) mass is 326 g/mol. The number of rotatable bonds is 7. The predicted molar refractivity (Wildman–Crippen MR) is 94.8 cm³/mol. The molecular weight excluding hydrogens is 304 g/mol. The van der Waals surface area contributed by atoms with Gasteiger partial charge in [0.25, 0.3) is 5.91 Å². The molecule has 1 N–H and O–H groups in total. The molecule has 0 aliphatic carbocycles. The maximum absolute atomic E-state index is 11.8. The van der Waals surface area contributed by atoms with E-state index in [4.69, 9.17) is 9.47 Å². The van der Waals surface area contributed by atoms with Gasteiger partial charge in [0.2, 0.25) is 0 Å². The second-order valence-electron chi connectivity index (χ2n) is 5.35. The molecule has 0 radical (unpaired) electrons. The molecule has 0 spiro atoms. The maximum Gasteiger partial charge on any atom is 0.277 e. The fraction of sp³-hybridized carbons (Fsp3) is 0.263. The van der Waals surface area contributed by atoms with E-state index >= 15 is 0 Å². The molecule has 0 bridgehead atoms. The van der Waals surface area contributed by atoms with Gasteiger partial charge in [-0.05, 0) is 67.8 Å². The van der Waals surface area contributed by atoms with Gasteiger partial charge < -0.3 is 9.47 Å².